The molecular formula is C12H12FN3O2S. The standard InChI is InChI=1S/C12H12FN3O2S/c1-7(18-10-5-3-9(13)4-6-10)11(17)15-12-14-8(2)16-19-12/h3-7H,1-2H3,(H,14,15,16,17). The number of ether oxygens (including phenoxy) is 1. The number of carbonyl (C=O) groups excluding carboxylic acids is 1. The number of aromatic nitrogens is 2. The minimum absolute atomic E-state index is 0.333. The van der Waals surface area contributed by atoms with Gasteiger partial charge in [0, 0.05) is 11.5 Å². The molecular weight excluding hydrogens is 269 g/mol. The van der Waals surface area contributed by atoms with Gasteiger partial charge in [-0.2, -0.15) is 4.37 Å². The van der Waals surface area contributed by atoms with Crippen LogP contribution in [0.1, 0.15) is 12.7 Å². The molecule has 1 aromatic heterocycles. The summed E-state index contributed by atoms with van der Waals surface area (Å²) in [4.78, 5) is 15.8. The van der Waals surface area contributed by atoms with Gasteiger partial charge in [-0.05, 0) is 38.1 Å². The topological polar surface area (TPSA) is 64.1 Å². The number of nitrogens with zero attached hydrogens (tertiary/aromatic N) is 2. The summed E-state index contributed by atoms with van der Waals surface area (Å²) in [6, 6.07) is 5.48. The molecule has 19 heavy (non-hydrogen) atoms. The van der Waals surface area contributed by atoms with Crippen molar-refractivity contribution >= 4 is 22.6 Å². The molecule has 0 aliphatic rings. The fourth-order valence-electron chi connectivity index (χ4n) is 1.33. The zero-order valence-electron chi connectivity index (χ0n) is 10.4. The number of hydrogen-bond acceptors (Lipinski definition) is 5. The Labute approximate surface area is 113 Å². The van der Waals surface area contributed by atoms with E-state index in [9.17, 15) is 9.18 Å². The Morgan fingerprint density at radius 2 is 2.11 bits per heavy atom. The van der Waals surface area contributed by atoms with Gasteiger partial charge in [0.15, 0.2) is 6.10 Å². The minimum Gasteiger partial charge on any atom is -0.481 e. The highest BCUT2D eigenvalue weighted by Gasteiger charge is 2.16. The third-order valence-corrected chi connectivity index (χ3v) is 2.98. The van der Waals surface area contributed by atoms with Gasteiger partial charge in [0.1, 0.15) is 17.4 Å². The molecule has 1 unspecified atom stereocenters. The molecule has 100 valence electrons. The molecule has 0 saturated carbocycles. The average molecular weight is 281 g/mol. The van der Waals surface area contributed by atoms with Crippen LogP contribution in [0.3, 0.4) is 0 Å². The first kappa shape index (κ1) is 13.4. The van der Waals surface area contributed by atoms with Gasteiger partial charge in [0.05, 0.1) is 0 Å². The third kappa shape index (κ3) is 3.72. The van der Waals surface area contributed by atoms with Gasteiger partial charge in [0.2, 0.25) is 5.13 Å². The van der Waals surface area contributed by atoms with Crippen molar-refractivity contribution in [3.8, 4) is 5.75 Å². The molecule has 0 aliphatic heterocycles. The number of nitrogens with one attached hydrogen (secondary N) is 1. The van der Waals surface area contributed by atoms with Crippen LogP contribution in [0.15, 0.2) is 24.3 Å². The molecule has 0 saturated heterocycles. The maximum Gasteiger partial charge on any atom is 0.266 e. The van der Waals surface area contributed by atoms with Crippen LogP contribution in [0.2, 0.25) is 0 Å². The number of benzene rings is 1. The van der Waals surface area contributed by atoms with Crippen molar-refractivity contribution < 1.29 is 13.9 Å². The SMILES string of the molecule is Cc1nsc(NC(=O)C(C)Oc2ccc(F)cc2)n1. The van der Waals surface area contributed by atoms with Crippen LogP contribution in [0.5, 0.6) is 5.75 Å². The lowest BCUT2D eigenvalue weighted by molar-refractivity contribution is -0.122. The summed E-state index contributed by atoms with van der Waals surface area (Å²) in [6.45, 7) is 3.34. The van der Waals surface area contributed by atoms with Crippen molar-refractivity contribution in [3.63, 3.8) is 0 Å². The van der Waals surface area contributed by atoms with Crippen molar-refractivity contribution in [1.29, 1.82) is 0 Å². The van der Waals surface area contributed by atoms with Crippen LogP contribution < -0.4 is 10.1 Å². The van der Waals surface area contributed by atoms with Crippen molar-refractivity contribution in [2.75, 3.05) is 5.32 Å². The van der Waals surface area contributed by atoms with Crippen molar-refractivity contribution in [2.24, 2.45) is 0 Å². The van der Waals surface area contributed by atoms with Gasteiger partial charge >= 0.3 is 0 Å². The lowest BCUT2D eigenvalue weighted by Gasteiger charge is -2.13. The van der Waals surface area contributed by atoms with Gasteiger partial charge < -0.3 is 4.74 Å². The number of halogens is 1. The highest BCUT2D eigenvalue weighted by molar-refractivity contribution is 7.09. The lowest BCUT2D eigenvalue weighted by atomic mass is 10.3. The Balaban J connectivity index is 1.94. The van der Waals surface area contributed by atoms with E-state index in [1.54, 1.807) is 13.8 Å². The number of anilines is 1. The van der Waals surface area contributed by atoms with Gasteiger partial charge in [-0.15, -0.1) is 0 Å². The Hall–Kier alpha value is -2.02. The highest BCUT2D eigenvalue weighted by Crippen LogP contribution is 2.15. The number of aryl methyl sites for hydroxylation is 1. The maximum absolute atomic E-state index is 12.7. The van der Waals surface area contributed by atoms with E-state index in [2.05, 4.69) is 14.7 Å². The van der Waals surface area contributed by atoms with E-state index >= 15 is 0 Å². The van der Waals surface area contributed by atoms with Gasteiger partial charge in [-0.1, -0.05) is 0 Å². The predicted octanol–water partition coefficient (Wildman–Crippen LogP) is 2.39. The average Bonchev–Trinajstić information content (AvgIpc) is 2.77. The van der Waals surface area contributed by atoms with Crippen molar-refractivity contribution in [3.05, 3.63) is 35.9 Å². The minimum atomic E-state index is -0.713. The zero-order chi connectivity index (χ0) is 13.8. The summed E-state index contributed by atoms with van der Waals surface area (Å²) in [5, 5.41) is 3.03. The maximum atomic E-state index is 12.7. The number of hydrogen-bond donors (Lipinski definition) is 1. The zero-order valence-corrected chi connectivity index (χ0v) is 11.2. The Morgan fingerprint density at radius 1 is 1.42 bits per heavy atom. The van der Waals surface area contributed by atoms with Crippen LogP contribution in [-0.2, 0) is 4.79 Å². The van der Waals surface area contributed by atoms with Gasteiger partial charge in [-0.25, -0.2) is 9.37 Å². The molecule has 0 radical (unpaired) electrons. The van der Waals surface area contributed by atoms with Crippen molar-refractivity contribution in [2.45, 2.75) is 20.0 Å². The van der Waals surface area contributed by atoms with Gasteiger partial charge in [0.25, 0.3) is 5.91 Å². The number of amides is 1. The van der Waals surface area contributed by atoms with E-state index < -0.39 is 6.10 Å². The fraction of sp³-hybridized carbons (Fsp3) is 0.250. The van der Waals surface area contributed by atoms with Crippen LogP contribution >= 0.6 is 11.5 Å². The summed E-state index contributed by atoms with van der Waals surface area (Å²) in [5.74, 6) is 0.346. The molecule has 0 bridgehead atoms. The lowest BCUT2D eigenvalue weighted by Crippen LogP contribution is -2.30. The van der Waals surface area contributed by atoms with Crippen LogP contribution in [0.25, 0.3) is 0 Å². The fourth-order valence-corrected chi connectivity index (χ4v) is 1.90. The molecule has 0 fully saturated rings. The number of rotatable bonds is 4. The molecule has 1 atom stereocenters. The first-order chi connectivity index (χ1) is 9.04. The van der Waals surface area contributed by atoms with Crippen molar-refractivity contribution in [1.82, 2.24) is 9.36 Å². The van der Waals surface area contributed by atoms with E-state index in [1.807, 2.05) is 0 Å². The molecule has 2 aromatic rings. The molecule has 1 N–H and O–H groups in total. The number of carbonyl (C=O) groups is 1. The predicted molar refractivity (Wildman–Crippen MR) is 69.8 cm³/mol. The summed E-state index contributed by atoms with van der Waals surface area (Å²) in [7, 11) is 0. The van der Waals surface area contributed by atoms with E-state index in [-0.39, 0.29) is 11.7 Å². The molecule has 1 heterocycles. The molecule has 5 nitrogen and oxygen atoms in total. The molecule has 2 rings (SSSR count). The van der Waals surface area contributed by atoms with Gasteiger partial charge in [-0.3, -0.25) is 10.1 Å². The van der Waals surface area contributed by atoms with E-state index in [1.165, 1.54) is 24.3 Å². The van der Waals surface area contributed by atoms with E-state index in [0.717, 1.165) is 11.5 Å². The second kappa shape index (κ2) is 5.75. The molecule has 1 amide bonds. The Morgan fingerprint density at radius 3 is 2.68 bits per heavy atom. The first-order valence-corrected chi connectivity index (χ1v) is 6.35. The normalized spacial score (nSPS) is 11.9. The summed E-state index contributed by atoms with van der Waals surface area (Å²) >= 11 is 1.11. The second-order valence-electron chi connectivity index (χ2n) is 3.85. The second-order valence-corrected chi connectivity index (χ2v) is 4.60. The quantitative estimate of drug-likeness (QED) is 0.934. The summed E-state index contributed by atoms with van der Waals surface area (Å²) in [5.41, 5.74) is 0. The molecule has 7 heteroatoms. The van der Waals surface area contributed by atoms with Crippen LogP contribution in [-0.4, -0.2) is 21.4 Å². The first-order valence-electron chi connectivity index (χ1n) is 5.58. The summed E-state index contributed by atoms with van der Waals surface area (Å²) < 4.78 is 22.1. The molecule has 0 spiro atoms. The van der Waals surface area contributed by atoms with E-state index in [4.69, 9.17) is 4.74 Å². The van der Waals surface area contributed by atoms with E-state index in [0.29, 0.717) is 16.7 Å². The molecule has 0 aliphatic carbocycles. The van der Waals surface area contributed by atoms with Crippen LogP contribution in [0.4, 0.5) is 9.52 Å². The third-order valence-electron chi connectivity index (χ3n) is 2.25. The monoisotopic (exact) mass is 281 g/mol. The molecule has 1 aromatic carbocycles. The Bertz CT molecular complexity index is 571. The highest BCUT2D eigenvalue weighted by atomic mass is 32.1. The summed E-state index contributed by atoms with van der Waals surface area (Å²) in [6.07, 6.45) is -0.713. The Kier molecular flexibility index (Phi) is 4.06. The smallest absolute Gasteiger partial charge is 0.266 e. The van der Waals surface area contributed by atoms with Crippen LogP contribution in [0, 0.1) is 12.7 Å². The largest absolute Gasteiger partial charge is 0.481 e.